The minimum Gasteiger partial charge on any atom is -0.395 e. The van der Waals surface area contributed by atoms with E-state index in [9.17, 15) is 0 Å². The quantitative estimate of drug-likeness (QED) is 0.666. The van der Waals surface area contributed by atoms with E-state index in [1.54, 1.807) is 0 Å². The van der Waals surface area contributed by atoms with Gasteiger partial charge in [-0.2, -0.15) is 0 Å². The number of hydrogen-bond acceptors (Lipinski definition) is 6. The Balaban J connectivity index is -0.000000119. The Morgan fingerprint density at radius 3 is 1.60 bits per heavy atom. The highest BCUT2D eigenvalue weighted by Crippen LogP contribution is 2.09. The van der Waals surface area contributed by atoms with Crippen LogP contribution in [-0.4, -0.2) is 92.3 Å². The molecule has 0 aromatic carbocycles. The molecule has 0 saturated carbocycles. The van der Waals surface area contributed by atoms with Crippen LogP contribution in [0.25, 0.3) is 0 Å². The highest BCUT2D eigenvalue weighted by Gasteiger charge is 2.07. The van der Waals surface area contributed by atoms with Gasteiger partial charge in [0, 0.05) is 19.7 Å². The van der Waals surface area contributed by atoms with Gasteiger partial charge in [0.25, 0.3) is 0 Å². The van der Waals surface area contributed by atoms with Crippen molar-refractivity contribution < 1.29 is 14.9 Å². The first kappa shape index (κ1) is 32.4. The number of rotatable bonds is 6. The van der Waals surface area contributed by atoms with Gasteiger partial charge >= 0.3 is 0 Å². The summed E-state index contributed by atoms with van der Waals surface area (Å²) < 4.78 is 5.15. The van der Waals surface area contributed by atoms with E-state index in [2.05, 4.69) is 25.7 Å². The van der Waals surface area contributed by atoms with Crippen LogP contribution in [0.2, 0.25) is 0 Å². The number of likely N-dealkylation sites (N-methyl/N-ethyl adjacent to an activating group) is 2. The number of nitrogens with zero attached hydrogens (tertiary/aromatic N) is 2. The molecule has 0 spiro atoms. The maximum absolute atomic E-state index is 8.46. The third kappa shape index (κ3) is 40.1. The molecule has 0 aromatic heterocycles. The van der Waals surface area contributed by atoms with E-state index in [0.717, 1.165) is 32.8 Å². The predicted octanol–water partition coefficient (Wildman–Crippen LogP) is 2.04. The molecule has 1 saturated heterocycles. The van der Waals surface area contributed by atoms with Gasteiger partial charge in [0.15, 0.2) is 0 Å². The zero-order chi connectivity index (χ0) is 19.4. The normalized spacial score (nSPS) is 15.5. The number of aliphatic hydroxyl groups excluding tert-OH is 2. The van der Waals surface area contributed by atoms with Crippen LogP contribution in [0.15, 0.2) is 0 Å². The standard InChI is InChI=1S/C6H15NO.C5H10O.C4H11NO.C3H9N.CH4/c1-3-7(4-2)5-6-8;1-5-3-2-4-6-5;1-5(2)3-4-6;1-3(2)4;/h8H,3-6H2,1-2H3;5H,2-4H2,1H3;6H,3-4H2,1-2H3;3H,4H2,1-2H3;1H4. The van der Waals surface area contributed by atoms with Crippen LogP contribution in [0, 0.1) is 0 Å². The molecule has 0 amide bonds. The monoisotopic (exact) mass is 367 g/mol. The molecule has 1 heterocycles. The van der Waals surface area contributed by atoms with Crippen LogP contribution in [0.4, 0.5) is 0 Å². The SMILES string of the molecule is C.CC(C)N.CC1CCCO1.CCN(CC)CCO.CN(C)CCO. The molecule has 0 radical (unpaired) electrons. The Hall–Kier alpha value is -0.240. The molecule has 0 aliphatic carbocycles. The third-order valence-corrected chi connectivity index (χ3v) is 3.02. The highest BCUT2D eigenvalue weighted by atomic mass is 16.5. The molecule has 0 aromatic rings. The van der Waals surface area contributed by atoms with Gasteiger partial charge in [0.05, 0.1) is 19.3 Å². The van der Waals surface area contributed by atoms with Crippen LogP contribution in [0.1, 0.15) is 54.9 Å². The van der Waals surface area contributed by atoms with Gasteiger partial charge in [-0.1, -0.05) is 35.1 Å². The molecule has 6 heteroatoms. The summed E-state index contributed by atoms with van der Waals surface area (Å²) in [6.45, 7) is 15.4. The van der Waals surface area contributed by atoms with Crippen LogP contribution >= 0.6 is 0 Å². The molecule has 6 nitrogen and oxygen atoms in total. The Morgan fingerprint density at radius 1 is 1.08 bits per heavy atom. The van der Waals surface area contributed by atoms with Crippen molar-refractivity contribution in [3.05, 3.63) is 0 Å². The van der Waals surface area contributed by atoms with Crippen molar-refractivity contribution in [1.29, 1.82) is 0 Å². The van der Waals surface area contributed by atoms with Crippen molar-refractivity contribution >= 4 is 0 Å². The molecule has 0 bridgehead atoms. The Kier molecular flexibility index (Phi) is 33.7. The van der Waals surface area contributed by atoms with Crippen molar-refractivity contribution in [2.75, 3.05) is 60.1 Å². The van der Waals surface area contributed by atoms with Gasteiger partial charge in [0.1, 0.15) is 0 Å². The average molecular weight is 368 g/mol. The second-order valence-electron chi connectivity index (χ2n) is 6.35. The van der Waals surface area contributed by atoms with Crippen LogP contribution in [0.5, 0.6) is 0 Å². The molecule has 1 fully saturated rings. The highest BCUT2D eigenvalue weighted by molar-refractivity contribution is 4.56. The zero-order valence-corrected chi connectivity index (χ0v) is 17.3. The van der Waals surface area contributed by atoms with E-state index in [4.69, 9.17) is 20.7 Å². The van der Waals surface area contributed by atoms with E-state index in [1.807, 2.05) is 32.8 Å². The number of aliphatic hydroxyl groups is 2. The number of ether oxygens (including phenoxy) is 1. The van der Waals surface area contributed by atoms with Crippen molar-refractivity contribution in [2.24, 2.45) is 5.73 Å². The Morgan fingerprint density at radius 2 is 1.52 bits per heavy atom. The van der Waals surface area contributed by atoms with Gasteiger partial charge in [-0.25, -0.2) is 0 Å². The summed E-state index contributed by atoms with van der Waals surface area (Å²) in [6, 6.07) is 0.333. The average Bonchev–Trinajstić information content (AvgIpc) is 2.96. The van der Waals surface area contributed by atoms with Gasteiger partial charge in [-0.15, -0.1) is 0 Å². The second kappa shape index (κ2) is 26.0. The van der Waals surface area contributed by atoms with Gasteiger partial charge < -0.3 is 30.5 Å². The maximum atomic E-state index is 8.46. The number of nitrogens with two attached hydrogens (primary N) is 1. The fourth-order valence-corrected chi connectivity index (χ4v) is 1.62. The molecule has 158 valence electrons. The summed E-state index contributed by atoms with van der Waals surface area (Å²) in [5, 5.41) is 16.7. The second-order valence-corrected chi connectivity index (χ2v) is 6.35. The van der Waals surface area contributed by atoms with Crippen LogP contribution < -0.4 is 5.73 Å². The Bertz CT molecular complexity index is 205. The van der Waals surface area contributed by atoms with Crippen molar-refractivity contribution in [3.8, 4) is 0 Å². The summed E-state index contributed by atoms with van der Waals surface area (Å²) in [5.74, 6) is 0. The van der Waals surface area contributed by atoms with Crippen molar-refractivity contribution in [1.82, 2.24) is 9.80 Å². The summed E-state index contributed by atoms with van der Waals surface area (Å²) in [6.07, 6.45) is 3.08. The van der Waals surface area contributed by atoms with Crippen molar-refractivity contribution in [2.45, 2.75) is 67.0 Å². The first-order valence-electron chi connectivity index (χ1n) is 9.20. The van der Waals surface area contributed by atoms with E-state index in [-0.39, 0.29) is 20.6 Å². The fraction of sp³-hybridized carbons (Fsp3) is 1.00. The van der Waals surface area contributed by atoms with E-state index in [0.29, 0.717) is 12.1 Å². The van der Waals surface area contributed by atoms with Gasteiger partial charge in [-0.3, -0.25) is 0 Å². The molecular formula is C19H49N3O3. The van der Waals surface area contributed by atoms with Crippen molar-refractivity contribution in [3.63, 3.8) is 0 Å². The molecule has 1 atom stereocenters. The zero-order valence-electron chi connectivity index (χ0n) is 17.3. The predicted molar refractivity (Wildman–Crippen MR) is 111 cm³/mol. The van der Waals surface area contributed by atoms with Crippen LogP contribution in [-0.2, 0) is 4.74 Å². The van der Waals surface area contributed by atoms with E-state index in [1.165, 1.54) is 12.8 Å². The smallest absolute Gasteiger partial charge is 0.0558 e. The molecular weight excluding hydrogens is 318 g/mol. The molecule has 1 aliphatic rings. The lowest BCUT2D eigenvalue weighted by Crippen LogP contribution is -2.25. The summed E-state index contributed by atoms with van der Waals surface area (Å²) in [5.41, 5.74) is 5.11. The summed E-state index contributed by atoms with van der Waals surface area (Å²) in [7, 11) is 3.85. The lowest BCUT2D eigenvalue weighted by atomic mass is 10.3. The lowest BCUT2D eigenvalue weighted by molar-refractivity contribution is 0.125. The molecule has 1 rings (SSSR count). The van der Waals surface area contributed by atoms with E-state index >= 15 is 0 Å². The Labute approximate surface area is 158 Å². The fourth-order valence-electron chi connectivity index (χ4n) is 1.62. The van der Waals surface area contributed by atoms with Gasteiger partial charge in [0.2, 0.25) is 0 Å². The first-order valence-corrected chi connectivity index (χ1v) is 9.20. The van der Waals surface area contributed by atoms with Gasteiger partial charge in [-0.05, 0) is 53.0 Å². The summed E-state index contributed by atoms with van der Waals surface area (Å²) in [4.78, 5) is 4.11. The maximum Gasteiger partial charge on any atom is 0.0558 e. The van der Waals surface area contributed by atoms with E-state index < -0.39 is 0 Å². The largest absolute Gasteiger partial charge is 0.395 e. The first-order chi connectivity index (χ1) is 11.2. The lowest BCUT2D eigenvalue weighted by Gasteiger charge is -2.15. The number of hydrogen-bond donors (Lipinski definition) is 3. The molecule has 1 unspecified atom stereocenters. The molecule has 4 N–H and O–H groups in total. The molecule has 1 aliphatic heterocycles. The van der Waals surface area contributed by atoms with Crippen LogP contribution in [0.3, 0.4) is 0 Å². The molecule has 25 heavy (non-hydrogen) atoms. The summed E-state index contributed by atoms with van der Waals surface area (Å²) >= 11 is 0. The minimum atomic E-state index is 0. The topological polar surface area (TPSA) is 82.2 Å². The third-order valence-electron chi connectivity index (χ3n) is 3.02. The minimum absolute atomic E-state index is 0.